The van der Waals surface area contributed by atoms with Crippen molar-refractivity contribution in [3.63, 3.8) is 0 Å². The summed E-state index contributed by atoms with van der Waals surface area (Å²) in [4.78, 5) is 30.8. The molecule has 0 aliphatic carbocycles. The summed E-state index contributed by atoms with van der Waals surface area (Å²) < 4.78 is 0. The average molecular weight is 389 g/mol. The topological polar surface area (TPSA) is 119 Å². The summed E-state index contributed by atoms with van der Waals surface area (Å²) in [6.45, 7) is -0.142. The summed E-state index contributed by atoms with van der Waals surface area (Å²) in [6.07, 6.45) is 3.26. The molecule has 0 bridgehead atoms. The Bertz CT molecular complexity index is 855. The van der Waals surface area contributed by atoms with E-state index in [-0.39, 0.29) is 30.6 Å². The van der Waals surface area contributed by atoms with Gasteiger partial charge in [0.25, 0.3) is 0 Å². The number of aliphatic hydroxyl groups excluding tert-OH is 1. The van der Waals surface area contributed by atoms with Gasteiger partial charge in [-0.25, -0.2) is 9.78 Å². The summed E-state index contributed by atoms with van der Waals surface area (Å²) in [6, 6.07) is 5.87. The number of amides is 3. The number of hydrogen-bond donors (Lipinski definition) is 5. The molecule has 0 saturated carbocycles. The highest BCUT2D eigenvalue weighted by Crippen LogP contribution is 2.33. The third kappa shape index (κ3) is 4.03. The van der Waals surface area contributed by atoms with Crippen molar-refractivity contribution in [1.29, 1.82) is 0 Å². The van der Waals surface area contributed by atoms with E-state index in [2.05, 4.69) is 25.9 Å². The quantitative estimate of drug-likeness (QED) is 0.365. The highest BCUT2D eigenvalue weighted by Gasteiger charge is 2.42. The first-order chi connectivity index (χ1) is 13.1. The summed E-state index contributed by atoms with van der Waals surface area (Å²) in [5.41, 5.74) is 2.27. The zero-order valence-electron chi connectivity index (χ0n) is 14.8. The van der Waals surface area contributed by atoms with Crippen molar-refractivity contribution in [3.8, 4) is 0 Å². The van der Waals surface area contributed by atoms with Crippen LogP contribution in [0.25, 0.3) is 11.0 Å². The number of hydrogen-bond acceptors (Lipinski definition) is 5. The van der Waals surface area contributed by atoms with Crippen LogP contribution in [0.2, 0.25) is 0 Å². The van der Waals surface area contributed by atoms with Crippen LogP contribution in [0.4, 0.5) is 10.5 Å². The number of H-pyrrole nitrogens is 1. The number of fused-ring (bicyclic) bond motifs is 2. The van der Waals surface area contributed by atoms with Crippen LogP contribution in [-0.4, -0.2) is 50.1 Å². The minimum Gasteiger partial charge on any atom is -0.388 e. The molecule has 144 valence electrons. The predicted molar refractivity (Wildman–Crippen MR) is 105 cm³/mol. The number of urea groups is 1. The Labute approximate surface area is 160 Å². The zero-order valence-corrected chi connectivity index (χ0v) is 15.6. The molecule has 9 heteroatoms. The van der Waals surface area contributed by atoms with E-state index in [0.717, 1.165) is 41.7 Å². The van der Waals surface area contributed by atoms with E-state index in [4.69, 9.17) is 5.11 Å². The van der Waals surface area contributed by atoms with Crippen molar-refractivity contribution in [2.75, 3.05) is 11.1 Å². The third-order valence-electron chi connectivity index (χ3n) is 5.05. The second-order valence-electron chi connectivity index (χ2n) is 6.99. The Hall–Kier alpha value is -2.26. The van der Waals surface area contributed by atoms with Crippen LogP contribution in [0, 0.1) is 0 Å². The number of aliphatic hydroxyl groups is 1. The molecule has 2 aromatic rings. The second kappa shape index (κ2) is 7.77. The Morgan fingerprint density at radius 3 is 3.07 bits per heavy atom. The van der Waals surface area contributed by atoms with Crippen molar-refractivity contribution in [2.45, 2.75) is 49.6 Å². The minimum atomic E-state index is -0.142. The molecule has 4 rings (SSSR count). The predicted octanol–water partition coefficient (Wildman–Crippen LogP) is 1.72. The average Bonchev–Trinajstić information content (AvgIpc) is 3.32. The number of aromatic amines is 1. The second-order valence-corrected chi connectivity index (χ2v) is 8.26. The summed E-state index contributed by atoms with van der Waals surface area (Å²) in [7, 11) is 0. The van der Waals surface area contributed by atoms with Crippen LogP contribution in [0.15, 0.2) is 18.2 Å². The van der Waals surface area contributed by atoms with Crippen LogP contribution in [0.5, 0.6) is 0 Å². The monoisotopic (exact) mass is 389 g/mol. The fourth-order valence-corrected chi connectivity index (χ4v) is 5.26. The van der Waals surface area contributed by atoms with E-state index in [9.17, 15) is 9.59 Å². The van der Waals surface area contributed by atoms with Crippen LogP contribution < -0.4 is 16.0 Å². The molecule has 0 spiro atoms. The number of anilines is 1. The number of aromatic nitrogens is 2. The lowest BCUT2D eigenvalue weighted by Crippen LogP contribution is -2.36. The number of benzene rings is 1. The number of carbonyl (C=O) groups is 2. The molecule has 2 saturated heterocycles. The van der Waals surface area contributed by atoms with Gasteiger partial charge in [-0.2, -0.15) is 11.8 Å². The Morgan fingerprint density at radius 1 is 1.33 bits per heavy atom. The normalized spacial score (nSPS) is 23.9. The molecule has 0 unspecified atom stereocenters. The van der Waals surface area contributed by atoms with Crippen molar-refractivity contribution in [1.82, 2.24) is 20.6 Å². The number of unbranched alkanes of at least 4 members (excludes halogenated alkanes) is 1. The van der Waals surface area contributed by atoms with E-state index >= 15 is 0 Å². The number of nitrogens with zero attached hydrogens (tertiary/aromatic N) is 1. The lowest BCUT2D eigenvalue weighted by Gasteiger charge is -2.16. The smallest absolute Gasteiger partial charge is 0.315 e. The summed E-state index contributed by atoms with van der Waals surface area (Å²) in [5, 5.41) is 18.4. The maximum Gasteiger partial charge on any atom is 0.315 e. The number of thioether (sulfide) groups is 1. The molecule has 0 radical (unpaired) electrons. The highest BCUT2D eigenvalue weighted by molar-refractivity contribution is 8.00. The van der Waals surface area contributed by atoms with Gasteiger partial charge in [-0.1, -0.05) is 6.42 Å². The first-order valence-corrected chi connectivity index (χ1v) is 10.3. The van der Waals surface area contributed by atoms with E-state index in [1.807, 2.05) is 30.0 Å². The molecule has 8 nitrogen and oxygen atoms in total. The Balaban J connectivity index is 1.21. The molecule has 5 N–H and O–H groups in total. The number of rotatable bonds is 7. The van der Waals surface area contributed by atoms with Gasteiger partial charge in [0.2, 0.25) is 5.91 Å². The van der Waals surface area contributed by atoms with Crippen molar-refractivity contribution < 1.29 is 14.7 Å². The lowest BCUT2D eigenvalue weighted by atomic mass is 10.0. The van der Waals surface area contributed by atoms with Crippen LogP contribution in [0.1, 0.15) is 31.5 Å². The van der Waals surface area contributed by atoms with Gasteiger partial charge in [-0.3, -0.25) is 4.79 Å². The lowest BCUT2D eigenvalue weighted by molar-refractivity contribution is -0.116. The third-order valence-corrected chi connectivity index (χ3v) is 6.55. The summed E-state index contributed by atoms with van der Waals surface area (Å²) >= 11 is 1.90. The van der Waals surface area contributed by atoms with Gasteiger partial charge in [0.1, 0.15) is 12.4 Å². The Kier molecular flexibility index (Phi) is 5.22. The van der Waals surface area contributed by atoms with E-state index in [1.165, 1.54) is 0 Å². The molecule has 2 aliphatic rings. The van der Waals surface area contributed by atoms with Crippen LogP contribution in [0.3, 0.4) is 0 Å². The number of nitrogens with one attached hydrogen (secondary N) is 4. The van der Waals surface area contributed by atoms with Crippen molar-refractivity contribution in [3.05, 3.63) is 24.0 Å². The molecule has 1 aromatic carbocycles. The van der Waals surface area contributed by atoms with Gasteiger partial charge in [-0.05, 0) is 31.0 Å². The summed E-state index contributed by atoms with van der Waals surface area (Å²) in [5.74, 6) is 1.46. The molecule has 2 fully saturated rings. The largest absolute Gasteiger partial charge is 0.388 e. The highest BCUT2D eigenvalue weighted by atomic mass is 32.2. The first kappa shape index (κ1) is 18.1. The molecule has 3 amide bonds. The van der Waals surface area contributed by atoms with Crippen LogP contribution >= 0.6 is 11.8 Å². The van der Waals surface area contributed by atoms with Gasteiger partial charge in [0.05, 0.1) is 23.1 Å². The van der Waals surface area contributed by atoms with Gasteiger partial charge >= 0.3 is 6.03 Å². The van der Waals surface area contributed by atoms with E-state index < -0.39 is 0 Å². The molecule has 3 atom stereocenters. The van der Waals surface area contributed by atoms with Crippen molar-refractivity contribution in [2.24, 2.45) is 0 Å². The molecule has 27 heavy (non-hydrogen) atoms. The van der Waals surface area contributed by atoms with E-state index in [1.54, 1.807) is 0 Å². The fraction of sp³-hybridized carbons (Fsp3) is 0.500. The van der Waals surface area contributed by atoms with Crippen LogP contribution in [-0.2, 0) is 11.4 Å². The SMILES string of the molecule is O=C(CCCC[C@@H]1SC[C@@H]2NC(=O)N[C@@H]21)Nc1ccc2nc(CO)[nH]c2c1. The van der Waals surface area contributed by atoms with Gasteiger partial charge in [0.15, 0.2) is 0 Å². The maximum atomic E-state index is 12.2. The molecular formula is C18H23N5O3S. The van der Waals surface area contributed by atoms with Gasteiger partial charge in [-0.15, -0.1) is 0 Å². The molecule has 1 aromatic heterocycles. The van der Waals surface area contributed by atoms with Crippen molar-refractivity contribution >= 4 is 40.4 Å². The molecule has 2 aliphatic heterocycles. The van der Waals surface area contributed by atoms with Gasteiger partial charge < -0.3 is 26.0 Å². The van der Waals surface area contributed by atoms with E-state index in [0.29, 0.717) is 17.5 Å². The number of imidazole rings is 1. The first-order valence-electron chi connectivity index (χ1n) is 9.20. The standard InChI is InChI=1S/C18H23N5O3S/c24-8-15-20-11-6-5-10(7-12(11)21-15)19-16(25)4-2-1-3-14-17-13(9-27-14)22-18(26)23-17/h5-7,13-14,17,24H,1-4,8-9H2,(H,19,25)(H,20,21)(H2,22,23,26)/t13-,14-,17-/m0/s1. The number of carbonyl (C=O) groups excluding carboxylic acids is 2. The molecule has 3 heterocycles. The minimum absolute atomic E-state index is 0.0102. The Morgan fingerprint density at radius 2 is 2.22 bits per heavy atom. The van der Waals surface area contributed by atoms with Gasteiger partial charge in [0, 0.05) is 23.1 Å². The maximum absolute atomic E-state index is 12.2. The zero-order chi connectivity index (χ0) is 18.8. The molecular weight excluding hydrogens is 366 g/mol. The fourth-order valence-electron chi connectivity index (χ4n) is 3.71.